The van der Waals surface area contributed by atoms with E-state index in [1.54, 1.807) is 4.57 Å². The van der Waals surface area contributed by atoms with Crippen molar-refractivity contribution in [3.63, 3.8) is 0 Å². The summed E-state index contributed by atoms with van der Waals surface area (Å²) in [6.45, 7) is 0.549. The molecule has 3 nitrogen and oxygen atoms in total. The highest BCUT2D eigenvalue weighted by molar-refractivity contribution is 7.20. The fraction of sp³-hybridized carbons (Fsp3) is 0.184. The zero-order chi connectivity index (χ0) is 57.9. The lowest BCUT2D eigenvalue weighted by Gasteiger charge is -2.46. The first-order chi connectivity index (χ1) is 35.0. The summed E-state index contributed by atoms with van der Waals surface area (Å²) >= 11 is 0. The van der Waals surface area contributed by atoms with Crippen LogP contribution in [-0.4, -0.2) is 17.2 Å². The number of nitrogens with zero attached hydrogens (tertiary/aromatic N) is 1. The SMILES string of the molecule is FC(F)(F)c1cc([B-](c2cc(C(F)(F)F)cc(C(F)(F)F)c2)(c2cc(C(F)(F)F)cc(C(F)(F)F)c2)c2cc(C(F)(F)F)cc(C(F)(F)F)c2)cc(C(F)(F)F)c1.O=C(O)c1c2ccccc2cc[n+]1Cc1ccccc1. The molecule has 1 aromatic heterocycles. The lowest BCUT2D eigenvalue weighted by molar-refractivity contribution is -0.689. The molecule has 0 radical (unpaired) electrons. The van der Waals surface area contributed by atoms with E-state index >= 15 is 0 Å². The zero-order valence-corrected chi connectivity index (χ0v) is 37.4. The molecule has 0 amide bonds. The Morgan fingerprint density at radius 1 is 0.364 bits per heavy atom. The van der Waals surface area contributed by atoms with Gasteiger partial charge in [0.15, 0.2) is 12.7 Å². The van der Waals surface area contributed by atoms with E-state index in [9.17, 15) is 115 Å². The fourth-order valence-electron chi connectivity index (χ4n) is 8.48. The highest BCUT2D eigenvalue weighted by Gasteiger charge is 2.47. The summed E-state index contributed by atoms with van der Waals surface area (Å²) in [5, 5.41) is 11.2. The van der Waals surface area contributed by atoms with E-state index in [4.69, 9.17) is 0 Å². The average molecular weight is 1130 g/mol. The van der Waals surface area contributed by atoms with Gasteiger partial charge < -0.3 is 5.11 Å². The third-order valence-corrected chi connectivity index (χ3v) is 11.8. The van der Waals surface area contributed by atoms with Crippen molar-refractivity contribution < 1.29 is 120 Å². The smallest absolute Gasteiger partial charge is 0.416 e. The van der Waals surface area contributed by atoms with Crippen molar-refractivity contribution in [3.8, 4) is 0 Å². The number of benzene rings is 6. The van der Waals surface area contributed by atoms with Crippen LogP contribution >= 0.6 is 0 Å². The van der Waals surface area contributed by atoms with Crippen molar-refractivity contribution in [1.82, 2.24) is 0 Å². The molecule has 7 rings (SSSR count). The fourth-order valence-corrected chi connectivity index (χ4v) is 8.48. The number of hydrogen-bond acceptors (Lipinski definition) is 1. The molecule has 410 valence electrons. The number of halogens is 24. The highest BCUT2D eigenvalue weighted by Crippen LogP contribution is 2.41. The normalized spacial score (nSPS) is 13.4. The second-order valence-corrected chi connectivity index (χ2v) is 16.9. The Morgan fingerprint density at radius 3 is 0.883 bits per heavy atom. The number of pyridine rings is 1. The van der Waals surface area contributed by atoms with Gasteiger partial charge in [0.1, 0.15) is 6.15 Å². The Balaban J connectivity index is 0.000000397. The van der Waals surface area contributed by atoms with Crippen LogP contribution in [0.1, 0.15) is 60.6 Å². The van der Waals surface area contributed by atoms with Crippen LogP contribution in [-0.2, 0) is 56.0 Å². The maximum Gasteiger partial charge on any atom is 0.416 e. The van der Waals surface area contributed by atoms with E-state index in [1.807, 2.05) is 66.9 Å². The summed E-state index contributed by atoms with van der Waals surface area (Å²) in [6, 6.07) is 10.5. The van der Waals surface area contributed by atoms with Crippen LogP contribution in [0.25, 0.3) is 10.8 Å². The van der Waals surface area contributed by atoms with Crippen molar-refractivity contribution in [2.45, 2.75) is 56.0 Å². The molecule has 0 aliphatic carbocycles. The van der Waals surface area contributed by atoms with Crippen LogP contribution in [0, 0.1) is 0 Å². The van der Waals surface area contributed by atoms with Crippen LogP contribution in [0.4, 0.5) is 105 Å². The van der Waals surface area contributed by atoms with Gasteiger partial charge in [-0.25, -0.2) is 4.79 Å². The van der Waals surface area contributed by atoms with Gasteiger partial charge >= 0.3 is 55.4 Å². The molecular formula is C49H26BF24NO2. The number of hydrogen-bond donors (Lipinski definition) is 1. The largest absolute Gasteiger partial charge is 0.473 e. The van der Waals surface area contributed by atoms with Gasteiger partial charge in [-0.15, -0.1) is 0 Å². The minimum Gasteiger partial charge on any atom is -0.473 e. The van der Waals surface area contributed by atoms with Gasteiger partial charge in [0.25, 0.3) is 5.69 Å². The summed E-state index contributed by atoms with van der Waals surface area (Å²) in [7, 11) is 0. The van der Waals surface area contributed by atoms with Crippen LogP contribution < -0.4 is 26.4 Å². The molecule has 1 N–H and O–H groups in total. The Kier molecular flexibility index (Phi) is 15.4. The Morgan fingerprint density at radius 2 is 0.623 bits per heavy atom. The van der Waals surface area contributed by atoms with E-state index < -0.39 is 201 Å². The second kappa shape index (κ2) is 20.2. The molecule has 0 aliphatic heterocycles. The van der Waals surface area contributed by atoms with Gasteiger partial charge in [-0.3, -0.25) is 0 Å². The molecule has 6 aromatic carbocycles. The van der Waals surface area contributed by atoms with Crippen LogP contribution in [0.15, 0.2) is 140 Å². The number of rotatable bonds is 7. The first kappa shape index (κ1) is 58.8. The summed E-state index contributed by atoms with van der Waals surface area (Å²) < 4.78 is 343. The van der Waals surface area contributed by atoms with E-state index in [1.165, 1.54) is 0 Å². The average Bonchev–Trinajstić information content (AvgIpc) is 3.29. The Labute approximate surface area is 415 Å². The molecule has 0 fully saturated rings. The number of aromatic nitrogens is 1. The van der Waals surface area contributed by atoms with Crippen LogP contribution in [0.5, 0.6) is 0 Å². The van der Waals surface area contributed by atoms with Gasteiger partial charge in [-0.2, -0.15) is 132 Å². The topological polar surface area (TPSA) is 41.2 Å². The van der Waals surface area contributed by atoms with Crippen LogP contribution in [0.3, 0.4) is 0 Å². The molecule has 0 atom stereocenters. The minimum atomic E-state index is -6.13. The van der Waals surface area contributed by atoms with Crippen molar-refractivity contribution in [1.29, 1.82) is 0 Å². The van der Waals surface area contributed by atoms with Gasteiger partial charge in [0.2, 0.25) is 0 Å². The first-order valence-corrected chi connectivity index (χ1v) is 21.1. The number of fused-ring (bicyclic) bond motifs is 1. The number of carbonyl (C=O) groups is 1. The molecular weight excluding hydrogens is 1100 g/mol. The van der Waals surface area contributed by atoms with Gasteiger partial charge in [-0.05, 0) is 35.7 Å². The maximum atomic E-state index is 14.2. The summed E-state index contributed by atoms with van der Waals surface area (Å²) in [5.41, 5.74) is -28.8. The molecule has 0 spiro atoms. The van der Waals surface area contributed by atoms with E-state index in [0.717, 1.165) is 16.3 Å². The molecule has 0 aliphatic rings. The summed E-state index contributed by atoms with van der Waals surface area (Å²) in [5.74, 6) is -0.905. The monoisotopic (exact) mass is 1130 g/mol. The standard InChI is InChI=1S/C32H12BF24.C17H13NO2/c34-25(35,36)13-1-14(26(37,38)39)6-21(5-13)33(22-7-15(27(40,41)42)2-16(8-22)28(43,44)45,23-9-17(29(46,47)48)3-18(10-23)30(49,50)51)24-11-19(31(52,53)54)4-20(12-24)32(55,56)57;19-17(20)16-15-9-5-4-8-14(15)10-11-18(16)12-13-6-2-1-3-7-13/h1-12H;1-11H,12H2/q-1;/p+1. The predicted molar refractivity (Wildman–Crippen MR) is 227 cm³/mol. The molecule has 28 heteroatoms. The maximum absolute atomic E-state index is 14.2. The van der Waals surface area contributed by atoms with E-state index in [0.29, 0.717) is 12.2 Å². The third kappa shape index (κ3) is 13.1. The number of aromatic carboxylic acids is 1. The number of carboxylic acids is 1. The molecule has 77 heavy (non-hydrogen) atoms. The van der Waals surface area contributed by atoms with Crippen molar-refractivity contribution in [2.75, 3.05) is 0 Å². The quantitative estimate of drug-likeness (QED) is 0.0982. The second-order valence-electron chi connectivity index (χ2n) is 16.9. The predicted octanol–water partition coefficient (Wildman–Crippen LogP) is 14.1. The summed E-state index contributed by atoms with van der Waals surface area (Å²) in [4.78, 5) is 11.6. The Bertz CT molecular complexity index is 2870. The van der Waals surface area contributed by atoms with Crippen LogP contribution in [0.2, 0.25) is 0 Å². The lowest BCUT2D eigenvalue weighted by atomic mass is 9.12. The van der Waals surface area contributed by atoms with Crippen molar-refractivity contribution >= 4 is 44.7 Å². The van der Waals surface area contributed by atoms with Crippen molar-refractivity contribution in [2.24, 2.45) is 0 Å². The summed E-state index contributed by atoms with van der Waals surface area (Å²) in [6.07, 6.45) is -53.0. The molecule has 0 unspecified atom stereocenters. The van der Waals surface area contributed by atoms with Crippen molar-refractivity contribution in [3.05, 3.63) is 195 Å². The lowest BCUT2D eigenvalue weighted by Crippen LogP contribution is -2.75. The van der Waals surface area contributed by atoms with E-state index in [2.05, 4.69) is 0 Å². The number of alkyl halides is 24. The number of carboxylic acid groups (broad SMARTS) is 1. The van der Waals surface area contributed by atoms with Gasteiger partial charge in [0.05, 0.1) is 49.9 Å². The van der Waals surface area contributed by atoms with Gasteiger partial charge in [-0.1, -0.05) is 97.1 Å². The molecule has 0 saturated carbocycles. The van der Waals surface area contributed by atoms with E-state index in [-0.39, 0.29) is 0 Å². The molecule has 0 saturated heterocycles. The zero-order valence-electron chi connectivity index (χ0n) is 37.4. The Hall–Kier alpha value is -7.42. The highest BCUT2D eigenvalue weighted by atomic mass is 19.4. The first-order valence-electron chi connectivity index (χ1n) is 21.1. The van der Waals surface area contributed by atoms with Gasteiger partial charge in [0, 0.05) is 11.6 Å². The molecule has 0 bridgehead atoms. The minimum absolute atomic E-state index is 0.326. The molecule has 7 aromatic rings. The molecule has 1 heterocycles. The third-order valence-electron chi connectivity index (χ3n) is 11.8.